The van der Waals surface area contributed by atoms with E-state index in [2.05, 4.69) is 26.7 Å². The van der Waals surface area contributed by atoms with Gasteiger partial charge in [-0.05, 0) is 61.3 Å². The van der Waals surface area contributed by atoms with Crippen molar-refractivity contribution in [1.29, 1.82) is 0 Å². The van der Waals surface area contributed by atoms with Crippen LogP contribution in [0.4, 0.5) is 8.78 Å². The third kappa shape index (κ3) is 5.32. The molecule has 8 nitrogen and oxygen atoms in total. The molecule has 5 aromatic rings. The highest BCUT2D eigenvalue weighted by atomic mass is 32.2. The van der Waals surface area contributed by atoms with Gasteiger partial charge < -0.3 is 5.32 Å². The van der Waals surface area contributed by atoms with Crippen LogP contribution in [0, 0.1) is 11.6 Å². The molecule has 1 saturated heterocycles. The lowest BCUT2D eigenvalue weighted by atomic mass is 9.99. The van der Waals surface area contributed by atoms with Gasteiger partial charge in [0.25, 0.3) is 0 Å². The number of hydrogen-bond donors (Lipinski definition) is 1. The molecule has 0 bridgehead atoms. The summed E-state index contributed by atoms with van der Waals surface area (Å²) in [6.07, 6.45) is 11.7. The molecular weight excluding hydrogens is 522 g/mol. The molecule has 5 heterocycles. The summed E-state index contributed by atoms with van der Waals surface area (Å²) >= 11 is 0. The molecule has 1 N–H and O–H groups in total. The van der Waals surface area contributed by atoms with Crippen molar-refractivity contribution in [3.63, 3.8) is 0 Å². The minimum atomic E-state index is -3.37. The van der Waals surface area contributed by atoms with Gasteiger partial charge >= 0.3 is 0 Å². The molecule has 0 unspecified atom stereocenters. The number of aromatic nitrogens is 5. The maximum atomic E-state index is 14.6. The van der Waals surface area contributed by atoms with Crippen molar-refractivity contribution in [2.24, 2.45) is 0 Å². The zero-order valence-corrected chi connectivity index (χ0v) is 22.0. The Morgan fingerprint density at radius 1 is 0.923 bits per heavy atom. The lowest BCUT2D eigenvalue weighted by Crippen LogP contribution is -2.29. The Morgan fingerprint density at radius 3 is 2.49 bits per heavy atom. The van der Waals surface area contributed by atoms with Crippen LogP contribution in [-0.4, -0.2) is 52.1 Å². The topological polar surface area (TPSA) is 94.2 Å². The standard InChI is InChI=1S/C28H26F2N6O2S/c1-39(37,38)17-18-8-20(10-21(9-18)28-26(30)11-23(29)13-32-28)25-14-34-36-15-19(2-3-27(25)36)22-12-33-35(16-22)24-4-6-31-7-5-24/h2-3,8-16,24,31H,4-7,17H2,1H3. The Kier molecular flexibility index (Phi) is 6.48. The first-order valence-corrected chi connectivity index (χ1v) is 14.7. The predicted octanol–water partition coefficient (Wildman–Crippen LogP) is 4.67. The number of rotatable bonds is 6. The number of hydrogen-bond acceptors (Lipinski definition) is 6. The monoisotopic (exact) mass is 548 g/mol. The summed E-state index contributed by atoms with van der Waals surface area (Å²) in [5, 5.41) is 12.5. The normalized spacial score (nSPS) is 14.7. The smallest absolute Gasteiger partial charge is 0.152 e. The largest absolute Gasteiger partial charge is 0.317 e. The number of benzene rings is 1. The predicted molar refractivity (Wildman–Crippen MR) is 145 cm³/mol. The lowest BCUT2D eigenvalue weighted by molar-refractivity contribution is 0.343. The van der Waals surface area contributed by atoms with Crippen molar-refractivity contribution >= 4 is 15.4 Å². The van der Waals surface area contributed by atoms with Gasteiger partial charge in [-0.2, -0.15) is 10.2 Å². The zero-order valence-electron chi connectivity index (χ0n) is 21.2. The molecule has 200 valence electrons. The highest BCUT2D eigenvalue weighted by molar-refractivity contribution is 7.89. The Hall–Kier alpha value is -3.96. The van der Waals surface area contributed by atoms with E-state index >= 15 is 0 Å². The van der Waals surface area contributed by atoms with Gasteiger partial charge in [0.05, 0.1) is 35.9 Å². The summed E-state index contributed by atoms with van der Waals surface area (Å²) in [6, 6.07) is 10.1. The summed E-state index contributed by atoms with van der Waals surface area (Å²) in [4.78, 5) is 3.92. The van der Waals surface area contributed by atoms with Gasteiger partial charge in [-0.15, -0.1) is 0 Å². The van der Waals surface area contributed by atoms with Crippen molar-refractivity contribution in [3.05, 3.63) is 84.6 Å². The number of pyridine rings is 2. The average Bonchev–Trinajstić information content (AvgIpc) is 3.55. The molecule has 1 aliphatic rings. The van der Waals surface area contributed by atoms with E-state index in [1.807, 2.05) is 29.2 Å². The van der Waals surface area contributed by atoms with Crippen molar-refractivity contribution in [2.75, 3.05) is 19.3 Å². The van der Waals surface area contributed by atoms with Crippen molar-refractivity contribution < 1.29 is 17.2 Å². The summed E-state index contributed by atoms with van der Waals surface area (Å²) < 4.78 is 56.1. The van der Waals surface area contributed by atoms with Crippen LogP contribution in [0.2, 0.25) is 0 Å². The number of sulfone groups is 1. The fraction of sp³-hybridized carbons (Fsp3) is 0.250. The van der Waals surface area contributed by atoms with Gasteiger partial charge in [-0.1, -0.05) is 6.07 Å². The summed E-state index contributed by atoms with van der Waals surface area (Å²) in [7, 11) is -3.37. The highest BCUT2D eigenvalue weighted by Crippen LogP contribution is 2.33. The number of piperidine rings is 1. The van der Waals surface area contributed by atoms with E-state index in [4.69, 9.17) is 0 Å². The third-order valence-electron chi connectivity index (χ3n) is 6.95. The SMILES string of the molecule is CS(=O)(=O)Cc1cc(-c2ncc(F)cc2F)cc(-c2cnn3cc(-c4cnn(C5CCNCC5)c4)ccc23)c1. The third-order valence-corrected chi connectivity index (χ3v) is 7.81. The Balaban J connectivity index is 1.39. The first-order chi connectivity index (χ1) is 18.7. The highest BCUT2D eigenvalue weighted by Gasteiger charge is 2.18. The number of nitrogens with zero attached hydrogens (tertiary/aromatic N) is 5. The van der Waals surface area contributed by atoms with Gasteiger partial charge in [0.2, 0.25) is 0 Å². The second kappa shape index (κ2) is 9.97. The zero-order chi connectivity index (χ0) is 27.1. The van der Waals surface area contributed by atoms with Crippen LogP contribution in [0.3, 0.4) is 0 Å². The van der Waals surface area contributed by atoms with Gasteiger partial charge in [0.1, 0.15) is 11.5 Å². The number of fused-ring (bicyclic) bond motifs is 1. The summed E-state index contributed by atoms with van der Waals surface area (Å²) in [6.45, 7) is 1.97. The van der Waals surface area contributed by atoms with Crippen LogP contribution in [0.15, 0.2) is 67.4 Å². The molecule has 0 radical (unpaired) electrons. The molecule has 0 aliphatic carbocycles. The van der Waals surface area contributed by atoms with Crippen LogP contribution in [0.1, 0.15) is 24.4 Å². The molecule has 0 atom stereocenters. The van der Waals surface area contributed by atoms with E-state index in [0.29, 0.717) is 22.7 Å². The number of halogens is 2. The van der Waals surface area contributed by atoms with Gasteiger partial charge in [-0.3, -0.25) is 9.67 Å². The van der Waals surface area contributed by atoms with Crippen LogP contribution < -0.4 is 5.32 Å². The number of nitrogens with one attached hydrogen (secondary N) is 1. The first-order valence-electron chi connectivity index (χ1n) is 12.6. The average molecular weight is 549 g/mol. The molecule has 0 saturated carbocycles. The Morgan fingerprint density at radius 2 is 1.72 bits per heavy atom. The van der Waals surface area contributed by atoms with Gasteiger partial charge in [0, 0.05) is 47.0 Å². The molecule has 0 amide bonds. The molecule has 1 aliphatic heterocycles. The molecule has 0 spiro atoms. The van der Waals surface area contributed by atoms with Crippen LogP contribution in [-0.2, 0) is 15.6 Å². The van der Waals surface area contributed by atoms with E-state index in [0.717, 1.165) is 66.7 Å². The van der Waals surface area contributed by atoms with Crippen molar-refractivity contribution in [2.45, 2.75) is 24.6 Å². The van der Waals surface area contributed by atoms with E-state index in [9.17, 15) is 17.2 Å². The molecule has 39 heavy (non-hydrogen) atoms. The summed E-state index contributed by atoms with van der Waals surface area (Å²) in [5.41, 5.74) is 4.90. The van der Waals surface area contributed by atoms with Gasteiger partial charge in [0.15, 0.2) is 15.7 Å². The second-order valence-electron chi connectivity index (χ2n) is 9.97. The second-order valence-corrected chi connectivity index (χ2v) is 12.1. The Bertz CT molecular complexity index is 1790. The molecule has 11 heteroatoms. The molecular formula is C28H26F2N6O2S. The van der Waals surface area contributed by atoms with Crippen LogP contribution in [0.5, 0.6) is 0 Å². The van der Waals surface area contributed by atoms with E-state index in [1.54, 1.807) is 28.9 Å². The van der Waals surface area contributed by atoms with Crippen molar-refractivity contribution in [3.8, 4) is 33.5 Å². The lowest BCUT2D eigenvalue weighted by Gasteiger charge is -2.22. The fourth-order valence-corrected chi connectivity index (χ4v) is 5.90. The van der Waals surface area contributed by atoms with Gasteiger partial charge in [-0.25, -0.2) is 21.7 Å². The van der Waals surface area contributed by atoms with Crippen molar-refractivity contribution in [1.82, 2.24) is 29.7 Å². The minimum Gasteiger partial charge on any atom is -0.317 e. The molecule has 1 fully saturated rings. The minimum absolute atomic E-state index is 0.0579. The maximum absolute atomic E-state index is 14.6. The molecule has 1 aromatic carbocycles. The van der Waals surface area contributed by atoms with E-state index in [-0.39, 0.29) is 11.4 Å². The fourth-order valence-electron chi connectivity index (χ4n) is 5.13. The van der Waals surface area contributed by atoms with E-state index in [1.165, 1.54) is 0 Å². The van der Waals surface area contributed by atoms with Crippen LogP contribution in [0.25, 0.3) is 39.0 Å². The van der Waals surface area contributed by atoms with Crippen LogP contribution >= 0.6 is 0 Å². The summed E-state index contributed by atoms with van der Waals surface area (Å²) in [5.74, 6) is -1.85. The molecule has 4 aromatic heterocycles. The van der Waals surface area contributed by atoms with E-state index < -0.39 is 21.5 Å². The maximum Gasteiger partial charge on any atom is 0.152 e. The first kappa shape index (κ1) is 25.3. The molecule has 6 rings (SSSR count). The Labute approximate surface area is 224 Å². The quantitative estimate of drug-likeness (QED) is 0.331.